The Morgan fingerprint density at radius 2 is 1.59 bits per heavy atom. The van der Waals surface area contributed by atoms with Crippen molar-refractivity contribution < 1.29 is 29.3 Å². The van der Waals surface area contributed by atoms with Crippen LogP contribution in [-0.4, -0.2) is 54.0 Å². The summed E-state index contributed by atoms with van der Waals surface area (Å²) in [5, 5.41) is 23.1. The van der Waals surface area contributed by atoms with E-state index >= 15 is 0 Å². The van der Waals surface area contributed by atoms with Gasteiger partial charge in [0.15, 0.2) is 0 Å². The first-order chi connectivity index (χ1) is 15.2. The Kier molecular flexibility index (Phi) is 7.15. The summed E-state index contributed by atoms with van der Waals surface area (Å²) in [6, 6.07) is 14.8. The molecule has 2 aromatic carbocycles. The summed E-state index contributed by atoms with van der Waals surface area (Å²) in [6.45, 7) is 2.93. The first-order valence-corrected chi connectivity index (χ1v) is 10.5. The molecule has 4 N–H and O–H groups in total. The molecular formula is C24H28N2O6. The van der Waals surface area contributed by atoms with Crippen LogP contribution in [0.1, 0.15) is 37.3 Å². The molecule has 32 heavy (non-hydrogen) atoms. The van der Waals surface area contributed by atoms with Crippen LogP contribution in [0.4, 0.5) is 4.79 Å². The van der Waals surface area contributed by atoms with Gasteiger partial charge in [0.1, 0.15) is 12.6 Å². The molecule has 2 aromatic rings. The number of aliphatic carboxylic acids is 1. The lowest BCUT2D eigenvalue weighted by atomic mass is 9.91. The predicted molar refractivity (Wildman–Crippen MR) is 118 cm³/mol. The Hall–Kier alpha value is -3.39. The van der Waals surface area contributed by atoms with Crippen molar-refractivity contribution >= 4 is 18.0 Å². The van der Waals surface area contributed by atoms with E-state index in [0.717, 1.165) is 22.3 Å². The number of hydrogen-bond acceptors (Lipinski definition) is 5. The van der Waals surface area contributed by atoms with Gasteiger partial charge in [0.25, 0.3) is 0 Å². The third-order valence-corrected chi connectivity index (χ3v) is 5.65. The lowest BCUT2D eigenvalue weighted by molar-refractivity contribution is -0.143. The molecule has 8 heteroatoms. The van der Waals surface area contributed by atoms with Gasteiger partial charge < -0.3 is 25.6 Å². The fraction of sp³-hybridized carbons (Fsp3) is 0.375. The van der Waals surface area contributed by atoms with Gasteiger partial charge in [-0.3, -0.25) is 4.79 Å². The summed E-state index contributed by atoms with van der Waals surface area (Å²) in [4.78, 5) is 36.0. The molecule has 0 aliphatic heterocycles. The molecule has 8 nitrogen and oxygen atoms in total. The van der Waals surface area contributed by atoms with E-state index in [4.69, 9.17) is 14.9 Å². The number of carbonyl (C=O) groups is 3. The molecule has 1 atom stereocenters. The van der Waals surface area contributed by atoms with Crippen LogP contribution in [-0.2, 0) is 14.3 Å². The highest BCUT2D eigenvalue weighted by molar-refractivity contribution is 5.87. The maximum absolute atomic E-state index is 12.5. The first-order valence-electron chi connectivity index (χ1n) is 10.5. The summed E-state index contributed by atoms with van der Waals surface area (Å²) >= 11 is 0. The third-order valence-electron chi connectivity index (χ3n) is 5.65. The van der Waals surface area contributed by atoms with Crippen LogP contribution in [0.15, 0.2) is 48.5 Å². The Bertz CT molecular complexity index is 958. The number of hydrogen-bond donors (Lipinski definition) is 4. The molecule has 0 bridgehead atoms. The van der Waals surface area contributed by atoms with Crippen LogP contribution in [0.25, 0.3) is 11.1 Å². The van der Waals surface area contributed by atoms with E-state index in [1.807, 2.05) is 36.4 Å². The van der Waals surface area contributed by atoms with E-state index in [1.165, 1.54) is 0 Å². The van der Waals surface area contributed by atoms with Gasteiger partial charge in [-0.15, -0.1) is 0 Å². The highest BCUT2D eigenvalue weighted by Crippen LogP contribution is 2.44. The number of rotatable bonds is 9. The number of aliphatic hydroxyl groups excluding tert-OH is 1. The Labute approximate surface area is 186 Å². The number of nitrogens with one attached hydrogen (secondary N) is 2. The van der Waals surface area contributed by atoms with E-state index in [1.54, 1.807) is 13.8 Å². The maximum atomic E-state index is 12.5. The minimum absolute atomic E-state index is 0.0407. The van der Waals surface area contributed by atoms with Gasteiger partial charge in [-0.05, 0) is 36.1 Å². The SMILES string of the molecule is CC(C)(CNC(=O)OCC1c2ccccc2-c2ccccc21)C(=O)N[C@H](CCO)C(=O)O. The van der Waals surface area contributed by atoms with Gasteiger partial charge in [-0.1, -0.05) is 48.5 Å². The standard InChI is InChI=1S/C24H28N2O6/c1-24(2,22(30)26-20(11-12-27)21(28)29)14-25-23(31)32-13-19-17-9-5-3-7-15(17)16-8-4-6-10-18(16)19/h3-10,19-20,27H,11-14H2,1-2H3,(H,25,31)(H,26,30)(H,28,29)/t20-/m1/s1. The minimum Gasteiger partial charge on any atom is -0.480 e. The number of ether oxygens (including phenoxy) is 1. The van der Waals surface area contributed by atoms with Crippen molar-refractivity contribution in [2.75, 3.05) is 19.8 Å². The van der Waals surface area contributed by atoms with E-state index in [0.29, 0.717) is 0 Å². The monoisotopic (exact) mass is 440 g/mol. The fourth-order valence-electron chi connectivity index (χ4n) is 3.76. The predicted octanol–water partition coefficient (Wildman–Crippen LogP) is 2.50. The highest BCUT2D eigenvalue weighted by Gasteiger charge is 2.33. The average Bonchev–Trinajstić information content (AvgIpc) is 3.09. The van der Waals surface area contributed by atoms with E-state index < -0.39 is 29.4 Å². The number of fused-ring (bicyclic) bond motifs is 3. The Morgan fingerprint density at radius 1 is 1.03 bits per heavy atom. The topological polar surface area (TPSA) is 125 Å². The molecule has 2 amide bonds. The van der Waals surface area contributed by atoms with E-state index in [2.05, 4.69) is 22.8 Å². The van der Waals surface area contributed by atoms with Gasteiger partial charge in [-0.25, -0.2) is 9.59 Å². The van der Waals surface area contributed by atoms with Crippen LogP contribution >= 0.6 is 0 Å². The summed E-state index contributed by atoms with van der Waals surface area (Å²) in [7, 11) is 0. The van der Waals surface area contributed by atoms with Crippen LogP contribution < -0.4 is 10.6 Å². The molecule has 170 valence electrons. The smallest absolute Gasteiger partial charge is 0.407 e. The zero-order valence-corrected chi connectivity index (χ0v) is 18.1. The Morgan fingerprint density at radius 3 is 2.12 bits per heavy atom. The quantitative estimate of drug-likeness (QED) is 0.475. The van der Waals surface area contributed by atoms with E-state index in [9.17, 15) is 14.4 Å². The summed E-state index contributed by atoms with van der Waals surface area (Å²) in [5.74, 6) is -1.84. The van der Waals surface area contributed by atoms with Gasteiger partial charge >= 0.3 is 12.1 Å². The molecule has 0 radical (unpaired) electrons. The Balaban J connectivity index is 1.56. The third kappa shape index (κ3) is 5.08. The summed E-state index contributed by atoms with van der Waals surface area (Å²) in [6.07, 6.45) is -0.755. The molecule has 0 saturated heterocycles. The lowest BCUT2D eigenvalue weighted by Crippen LogP contribution is -2.50. The van der Waals surface area contributed by atoms with Gasteiger partial charge in [0.2, 0.25) is 5.91 Å². The molecule has 1 aliphatic carbocycles. The van der Waals surface area contributed by atoms with Crippen LogP contribution in [0.2, 0.25) is 0 Å². The van der Waals surface area contributed by atoms with Gasteiger partial charge in [0.05, 0.1) is 5.41 Å². The molecule has 0 heterocycles. The number of amides is 2. The van der Waals surface area contributed by atoms with Crippen molar-refractivity contribution in [2.45, 2.75) is 32.2 Å². The molecule has 0 spiro atoms. The summed E-state index contributed by atoms with van der Waals surface area (Å²) < 4.78 is 5.46. The normalized spacial score (nSPS) is 13.6. The largest absolute Gasteiger partial charge is 0.480 e. The average molecular weight is 440 g/mol. The molecular weight excluding hydrogens is 412 g/mol. The second kappa shape index (κ2) is 9.82. The van der Waals surface area contributed by atoms with Crippen molar-refractivity contribution in [3.63, 3.8) is 0 Å². The zero-order chi connectivity index (χ0) is 23.3. The lowest BCUT2D eigenvalue weighted by Gasteiger charge is -2.26. The van der Waals surface area contributed by atoms with Crippen molar-refractivity contribution in [1.82, 2.24) is 10.6 Å². The minimum atomic E-state index is -1.23. The zero-order valence-electron chi connectivity index (χ0n) is 18.1. The number of aliphatic hydroxyl groups is 1. The van der Waals surface area contributed by atoms with Crippen molar-refractivity contribution in [2.24, 2.45) is 5.41 Å². The number of carboxylic acid groups (broad SMARTS) is 1. The number of benzene rings is 2. The molecule has 0 aromatic heterocycles. The van der Waals surface area contributed by atoms with Crippen LogP contribution in [0.3, 0.4) is 0 Å². The van der Waals surface area contributed by atoms with E-state index in [-0.39, 0.29) is 32.1 Å². The van der Waals surface area contributed by atoms with Crippen molar-refractivity contribution in [3.05, 3.63) is 59.7 Å². The van der Waals surface area contributed by atoms with Crippen molar-refractivity contribution in [3.8, 4) is 11.1 Å². The molecule has 1 aliphatic rings. The molecule has 3 rings (SSSR count). The summed E-state index contributed by atoms with van der Waals surface area (Å²) in [5.41, 5.74) is 3.39. The highest BCUT2D eigenvalue weighted by atomic mass is 16.5. The maximum Gasteiger partial charge on any atom is 0.407 e. The van der Waals surface area contributed by atoms with Gasteiger partial charge in [-0.2, -0.15) is 0 Å². The fourth-order valence-corrected chi connectivity index (χ4v) is 3.76. The van der Waals surface area contributed by atoms with Gasteiger partial charge in [0, 0.05) is 25.5 Å². The molecule has 0 unspecified atom stereocenters. The van der Waals surface area contributed by atoms with Crippen LogP contribution in [0.5, 0.6) is 0 Å². The molecule has 0 saturated carbocycles. The number of alkyl carbamates (subject to hydrolysis) is 1. The van der Waals surface area contributed by atoms with Crippen molar-refractivity contribution in [1.29, 1.82) is 0 Å². The first kappa shape index (κ1) is 23.3. The molecule has 0 fully saturated rings. The second-order valence-electron chi connectivity index (χ2n) is 8.44. The van der Waals surface area contributed by atoms with Crippen LogP contribution in [0, 0.1) is 5.41 Å². The number of carbonyl (C=O) groups excluding carboxylic acids is 2. The number of carboxylic acids is 1. The second-order valence-corrected chi connectivity index (χ2v) is 8.44.